The molecular formula is C20H23Cl2N3O4S2. The third-order valence-corrected chi connectivity index (χ3v) is 7.95. The van der Waals surface area contributed by atoms with Crippen molar-refractivity contribution in [2.24, 2.45) is 0 Å². The number of likely N-dealkylation sites (tertiary alicyclic amines) is 1. The van der Waals surface area contributed by atoms with E-state index < -0.39 is 14.9 Å². The molecule has 1 aliphatic rings. The van der Waals surface area contributed by atoms with Gasteiger partial charge in [-0.1, -0.05) is 35.7 Å². The number of piperidine rings is 1. The van der Waals surface area contributed by atoms with Crippen LogP contribution >= 0.6 is 35.0 Å². The highest BCUT2D eigenvalue weighted by Gasteiger charge is 2.22. The van der Waals surface area contributed by atoms with Crippen LogP contribution in [0.15, 0.2) is 46.2 Å². The van der Waals surface area contributed by atoms with Gasteiger partial charge in [0.1, 0.15) is 0 Å². The van der Waals surface area contributed by atoms with Crippen molar-refractivity contribution in [3.8, 4) is 0 Å². The summed E-state index contributed by atoms with van der Waals surface area (Å²) >= 11 is 13.4. The SMILES string of the molecule is O=[N+]([O-])c1ccc(CSc2cc(Cl)cc(Cl)c2)c(S(=O)(=O)NCCN2CCCCC2)c1. The molecule has 0 saturated carbocycles. The van der Waals surface area contributed by atoms with Gasteiger partial charge in [-0.15, -0.1) is 11.8 Å². The number of nitro benzene ring substituents is 1. The van der Waals surface area contributed by atoms with Gasteiger partial charge in [-0.2, -0.15) is 0 Å². The molecule has 0 spiro atoms. The minimum Gasteiger partial charge on any atom is -0.302 e. The number of hydrogen-bond acceptors (Lipinski definition) is 6. The molecule has 0 amide bonds. The molecule has 1 fully saturated rings. The van der Waals surface area contributed by atoms with Crippen LogP contribution in [0.3, 0.4) is 0 Å². The molecule has 2 aromatic carbocycles. The number of nitrogens with one attached hydrogen (secondary N) is 1. The van der Waals surface area contributed by atoms with Crippen LogP contribution in [0.1, 0.15) is 24.8 Å². The van der Waals surface area contributed by atoms with E-state index in [-0.39, 0.29) is 22.9 Å². The molecule has 2 aromatic rings. The highest BCUT2D eigenvalue weighted by atomic mass is 35.5. The summed E-state index contributed by atoms with van der Waals surface area (Å²) < 4.78 is 28.6. The van der Waals surface area contributed by atoms with Gasteiger partial charge in [0, 0.05) is 45.9 Å². The van der Waals surface area contributed by atoms with Crippen molar-refractivity contribution in [1.82, 2.24) is 9.62 Å². The number of hydrogen-bond donors (Lipinski definition) is 1. The van der Waals surface area contributed by atoms with E-state index in [1.165, 1.54) is 30.3 Å². The molecule has 168 valence electrons. The average molecular weight is 504 g/mol. The van der Waals surface area contributed by atoms with Crippen LogP contribution in [0.25, 0.3) is 0 Å². The molecule has 11 heteroatoms. The number of benzene rings is 2. The van der Waals surface area contributed by atoms with Crippen molar-refractivity contribution in [2.45, 2.75) is 34.8 Å². The van der Waals surface area contributed by atoms with Gasteiger partial charge in [0.2, 0.25) is 10.0 Å². The Kier molecular flexibility index (Phi) is 8.60. The Morgan fingerprint density at radius 3 is 2.39 bits per heavy atom. The number of rotatable bonds is 9. The van der Waals surface area contributed by atoms with Crippen molar-refractivity contribution >= 4 is 50.7 Å². The second-order valence-corrected chi connectivity index (χ2v) is 10.9. The van der Waals surface area contributed by atoms with Crippen molar-refractivity contribution in [1.29, 1.82) is 0 Å². The molecule has 7 nitrogen and oxygen atoms in total. The van der Waals surface area contributed by atoms with E-state index >= 15 is 0 Å². The van der Waals surface area contributed by atoms with Crippen LogP contribution in [0.2, 0.25) is 10.0 Å². The molecule has 1 heterocycles. The number of non-ortho nitro benzene ring substituents is 1. The van der Waals surface area contributed by atoms with Crippen LogP contribution in [0.4, 0.5) is 5.69 Å². The summed E-state index contributed by atoms with van der Waals surface area (Å²) in [5.74, 6) is 0.289. The number of thioether (sulfide) groups is 1. The fourth-order valence-electron chi connectivity index (χ4n) is 3.40. The third-order valence-electron chi connectivity index (χ3n) is 4.95. The van der Waals surface area contributed by atoms with Gasteiger partial charge in [-0.25, -0.2) is 13.1 Å². The van der Waals surface area contributed by atoms with Gasteiger partial charge in [-0.3, -0.25) is 10.1 Å². The molecular weight excluding hydrogens is 481 g/mol. The van der Waals surface area contributed by atoms with Crippen LogP contribution in [-0.4, -0.2) is 44.4 Å². The molecule has 0 bridgehead atoms. The molecule has 3 rings (SSSR count). The lowest BCUT2D eigenvalue weighted by atomic mass is 10.1. The maximum absolute atomic E-state index is 13.0. The summed E-state index contributed by atoms with van der Waals surface area (Å²) in [6, 6.07) is 8.98. The minimum atomic E-state index is -3.92. The van der Waals surface area contributed by atoms with Crippen LogP contribution in [-0.2, 0) is 15.8 Å². The molecule has 1 N–H and O–H groups in total. The number of sulfonamides is 1. The normalized spacial score (nSPS) is 15.2. The molecule has 0 aromatic heterocycles. The largest absolute Gasteiger partial charge is 0.302 e. The number of halogens is 2. The van der Waals surface area contributed by atoms with Gasteiger partial charge < -0.3 is 4.90 Å². The van der Waals surface area contributed by atoms with Crippen molar-refractivity contribution in [2.75, 3.05) is 26.2 Å². The standard InChI is InChI=1S/C20H23Cl2N3O4S2/c21-16-10-17(22)12-19(11-16)30-14-15-4-5-18(25(26)27)13-20(15)31(28,29)23-6-9-24-7-2-1-3-8-24/h4-5,10-13,23H,1-3,6-9,14H2. The Bertz CT molecular complexity index is 1020. The van der Waals surface area contributed by atoms with Gasteiger partial charge in [0.15, 0.2) is 0 Å². The first-order valence-corrected chi connectivity index (χ1v) is 13.1. The third kappa shape index (κ3) is 7.06. The van der Waals surface area contributed by atoms with Crippen molar-refractivity contribution in [3.63, 3.8) is 0 Å². The first-order valence-electron chi connectivity index (χ1n) is 9.83. The lowest BCUT2D eigenvalue weighted by Gasteiger charge is -2.26. The van der Waals surface area contributed by atoms with Crippen molar-refractivity contribution in [3.05, 3.63) is 62.1 Å². The van der Waals surface area contributed by atoms with Crippen LogP contribution in [0.5, 0.6) is 0 Å². The minimum absolute atomic E-state index is 0.0824. The predicted molar refractivity (Wildman–Crippen MR) is 125 cm³/mol. The van der Waals surface area contributed by atoms with E-state index in [1.807, 2.05) is 0 Å². The summed E-state index contributed by atoms with van der Waals surface area (Å²) in [6.07, 6.45) is 3.44. The quantitative estimate of drug-likeness (QED) is 0.295. The molecule has 0 aliphatic carbocycles. The van der Waals surface area contributed by atoms with Crippen molar-refractivity contribution < 1.29 is 13.3 Å². The van der Waals surface area contributed by atoms with E-state index in [9.17, 15) is 18.5 Å². The zero-order valence-electron chi connectivity index (χ0n) is 16.7. The first-order chi connectivity index (χ1) is 14.7. The van der Waals surface area contributed by atoms with E-state index in [4.69, 9.17) is 23.2 Å². The molecule has 0 radical (unpaired) electrons. The van der Waals surface area contributed by atoms with Gasteiger partial charge in [0.25, 0.3) is 5.69 Å². The Hall–Kier alpha value is -1.36. The average Bonchev–Trinajstić information content (AvgIpc) is 2.72. The number of nitrogens with zero attached hydrogens (tertiary/aromatic N) is 2. The van der Waals surface area contributed by atoms with Gasteiger partial charge >= 0.3 is 0 Å². The summed E-state index contributed by atoms with van der Waals surface area (Å²) in [4.78, 5) is 13.5. The Morgan fingerprint density at radius 1 is 1.06 bits per heavy atom. The summed E-state index contributed by atoms with van der Waals surface area (Å²) in [6.45, 7) is 2.78. The zero-order valence-corrected chi connectivity index (χ0v) is 19.9. The fraction of sp³-hybridized carbons (Fsp3) is 0.400. The number of nitro groups is 1. The Balaban J connectivity index is 1.77. The zero-order chi connectivity index (χ0) is 22.4. The summed E-state index contributed by atoms with van der Waals surface area (Å²) in [5, 5.41) is 12.2. The molecule has 1 saturated heterocycles. The van der Waals surface area contributed by atoms with E-state index in [0.29, 0.717) is 22.2 Å². The molecule has 31 heavy (non-hydrogen) atoms. The van der Waals surface area contributed by atoms with E-state index in [2.05, 4.69) is 9.62 Å². The Morgan fingerprint density at radius 2 is 1.74 bits per heavy atom. The topological polar surface area (TPSA) is 92.5 Å². The second kappa shape index (κ2) is 11.0. The maximum atomic E-state index is 13.0. The second-order valence-electron chi connectivity index (χ2n) is 7.24. The lowest BCUT2D eigenvalue weighted by molar-refractivity contribution is -0.385. The highest BCUT2D eigenvalue weighted by Crippen LogP contribution is 2.32. The molecule has 0 atom stereocenters. The fourth-order valence-corrected chi connectivity index (χ4v) is 6.42. The smallest absolute Gasteiger partial charge is 0.270 e. The van der Waals surface area contributed by atoms with E-state index in [1.54, 1.807) is 18.2 Å². The van der Waals surface area contributed by atoms with Gasteiger partial charge in [0.05, 0.1) is 9.82 Å². The van der Waals surface area contributed by atoms with E-state index in [0.717, 1.165) is 36.9 Å². The monoisotopic (exact) mass is 503 g/mol. The molecule has 1 aliphatic heterocycles. The van der Waals surface area contributed by atoms with Gasteiger partial charge in [-0.05, 0) is 49.7 Å². The highest BCUT2D eigenvalue weighted by molar-refractivity contribution is 7.98. The molecule has 0 unspecified atom stereocenters. The maximum Gasteiger partial charge on any atom is 0.270 e. The van der Waals surface area contributed by atoms with Crippen LogP contribution in [0, 0.1) is 10.1 Å². The van der Waals surface area contributed by atoms with Crippen LogP contribution < -0.4 is 4.72 Å². The lowest BCUT2D eigenvalue weighted by Crippen LogP contribution is -2.37. The first kappa shape index (κ1) is 24.3. The summed E-state index contributed by atoms with van der Waals surface area (Å²) in [5.41, 5.74) is 0.202. The predicted octanol–water partition coefficient (Wildman–Crippen LogP) is 4.96. The summed E-state index contributed by atoms with van der Waals surface area (Å²) in [7, 11) is -3.92. The Labute approximate surface area is 196 Å².